The van der Waals surface area contributed by atoms with Gasteiger partial charge in [0, 0.05) is 18.5 Å². The van der Waals surface area contributed by atoms with Crippen molar-refractivity contribution in [2.24, 2.45) is 0 Å². The summed E-state index contributed by atoms with van der Waals surface area (Å²) >= 11 is 0. The molecule has 0 saturated carbocycles. The molecule has 140 valence electrons. The molecule has 0 unspecified atom stereocenters. The van der Waals surface area contributed by atoms with Crippen molar-refractivity contribution in [1.82, 2.24) is 24.5 Å². The van der Waals surface area contributed by atoms with E-state index >= 15 is 0 Å². The summed E-state index contributed by atoms with van der Waals surface area (Å²) in [5.74, 6) is 0.484. The van der Waals surface area contributed by atoms with Crippen LogP contribution in [0.25, 0.3) is 22.9 Å². The van der Waals surface area contributed by atoms with E-state index in [2.05, 4.69) is 15.2 Å². The zero-order valence-electron chi connectivity index (χ0n) is 14.2. The molecular weight excluding hydrogens is 371 g/mol. The first-order chi connectivity index (χ1) is 13.4. The number of alkyl halides is 3. The molecule has 9 heteroatoms. The number of hydrogen-bond acceptors (Lipinski definition) is 4. The zero-order chi connectivity index (χ0) is 19.7. The highest BCUT2D eigenvalue weighted by Crippen LogP contribution is 2.30. The van der Waals surface area contributed by atoms with Crippen LogP contribution in [0.3, 0.4) is 0 Å². The van der Waals surface area contributed by atoms with E-state index in [1.54, 1.807) is 30.5 Å². The van der Waals surface area contributed by atoms with Crippen LogP contribution in [-0.4, -0.2) is 24.5 Å². The van der Waals surface area contributed by atoms with Crippen molar-refractivity contribution in [2.45, 2.75) is 6.18 Å². The predicted molar refractivity (Wildman–Crippen MR) is 95.2 cm³/mol. The van der Waals surface area contributed by atoms with Crippen LogP contribution in [0.5, 0.6) is 0 Å². The number of aromatic nitrogens is 5. The van der Waals surface area contributed by atoms with Crippen molar-refractivity contribution in [1.29, 1.82) is 0 Å². The molecule has 0 spiro atoms. The fourth-order valence-electron chi connectivity index (χ4n) is 2.70. The number of nitrogens with zero attached hydrogens (tertiary/aromatic N) is 5. The molecule has 0 radical (unpaired) electrons. The van der Waals surface area contributed by atoms with Gasteiger partial charge in [0.05, 0.1) is 17.4 Å². The second-order valence-corrected chi connectivity index (χ2v) is 5.84. The van der Waals surface area contributed by atoms with Gasteiger partial charge in [-0.1, -0.05) is 12.1 Å². The molecule has 1 aromatic carbocycles. The molecule has 0 aliphatic rings. The van der Waals surface area contributed by atoms with E-state index in [0.717, 1.165) is 12.1 Å². The van der Waals surface area contributed by atoms with Gasteiger partial charge in [-0.25, -0.2) is 14.3 Å². The van der Waals surface area contributed by atoms with E-state index in [1.165, 1.54) is 40.0 Å². The normalized spacial score (nSPS) is 11.5. The molecule has 0 amide bonds. The Bertz CT molecular complexity index is 1180. The maximum Gasteiger partial charge on any atom is 0.416 e. The van der Waals surface area contributed by atoms with Crippen molar-refractivity contribution in [3.8, 4) is 22.9 Å². The van der Waals surface area contributed by atoms with Crippen molar-refractivity contribution in [3.05, 3.63) is 89.0 Å². The molecule has 0 aliphatic heterocycles. The highest BCUT2D eigenvalue weighted by Gasteiger charge is 2.30. The van der Waals surface area contributed by atoms with Crippen LogP contribution in [-0.2, 0) is 6.18 Å². The molecule has 28 heavy (non-hydrogen) atoms. The fourth-order valence-corrected chi connectivity index (χ4v) is 2.70. The van der Waals surface area contributed by atoms with Gasteiger partial charge in [-0.3, -0.25) is 4.79 Å². The average molecular weight is 383 g/mol. The Labute approximate surface area is 156 Å². The van der Waals surface area contributed by atoms with E-state index in [4.69, 9.17) is 0 Å². The number of pyridine rings is 1. The molecule has 3 aromatic heterocycles. The minimum absolute atomic E-state index is 0.0445. The lowest BCUT2D eigenvalue weighted by Crippen LogP contribution is -2.15. The Morgan fingerprint density at radius 2 is 1.79 bits per heavy atom. The van der Waals surface area contributed by atoms with Crippen LogP contribution in [0.15, 0.2) is 78.0 Å². The van der Waals surface area contributed by atoms with Crippen LogP contribution in [0.2, 0.25) is 0 Å². The Morgan fingerprint density at radius 1 is 0.929 bits per heavy atom. The summed E-state index contributed by atoms with van der Waals surface area (Å²) in [5.41, 5.74) is -0.584. The summed E-state index contributed by atoms with van der Waals surface area (Å²) < 4.78 is 41.6. The Hall–Kier alpha value is -3.75. The number of halogens is 3. The first kappa shape index (κ1) is 17.7. The van der Waals surface area contributed by atoms with Gasteiger partial charge >= 0.3 is 6.18 Å². The molecule has 0 N–H and O–H groups in total. The molecular formula is C19H12F3N5O. The summed E-state index contributed by atoms with van der Waals surface area (Å²) in [4.78, 5) is 16.6. The summed E-state index contributed by atoms with van der Waals surface area (Å²) in [7, 11) is 0. The van der Waals surface area contributed by atoms with Gasteiger partial charge in [-0.05, 0) is 36.4 Å². The summed E-state index contributed by atoms with van der Waals surface area (Å²) in [6, 6.07) is 12.8. The molecule has 3 heterocycles. The Kier molecular flexibility index (Phi) is 4.26. The van der Waals surface area contributed by atoms with Crippen molar-refractivity contribution in [2.75, 3.05) is 0 Å². The largest absolute Gasteiger partial charge is 0.416 e. The van der Waals surface area contributed by atoms with Crippen molar-refractivity contribution in [3.63, 3.8) is 0 Å². The topological polar surface area (TPSA) is 65.6 Å². The van der Waals surface area contributed by atoms with E-state index < -0.39 is 11.7 Å². The Morgan fingerprint density at radius 3 is 2.54 bits per heavy atom. The highest BCUT2D eigenvalue weighted by atomic mass is 19.4. The molecule has 0 fully saturated rings. The second kappa shape index (κ2) is 6.76. The quantitative estimate of drug-likeness (QED) is 0.543. The van der Waals surface area contributed by atoms with Gasteiger partial charge in [-0.15, -0.1) is 0 Å². The van der Waals surface area contributed by atoms with E-state index in [-0.39, 0.29) is 16.8 Å². The third-order valence-corrected chi connectivity index (χ3v) is 4.00. The van der Waals surface area contributed by atoms with Gasteiger partial charge in [0.15, 0.2) is 11.5 Å². The summed E-state index contributed by atoms with van der Waals surface area (Å²) in [6.45, 7) is 0. The summed E-state index contributed by atoms with van der Waals surface area (Å²) in [5, 5.41) is 8.41. The minimum atomic E-state index is -4.48. The van der Waals surface area contributed by atoms with Gasteiger partial charge in [-0.2, -0.15) is 23.4 Å². The van der Waals surface area contributed by atoms with Crippen molar-refractivity contribution < 1.29 is 13.2 Å². The highest BCUT2D eigenvalue weighted by molar-refractivity contribution is 5.56. The minimum Gasteiger partial charge on any atom is -0.287 e. The fraction of sp³-hybridized carbons (Fsp3) is 0.0526. The monoisotopic (exact) mass is 383 g/mol. The first-order valence-corrected chi connectivity index (χ1v) is 8.17. The molecule has 0 atom stereocenters. The lowest BCUT2D eigenvalue weighted by Gasteiger charge is -2.11. The lowest BCUT2D eigenvalue weighted by atomic mass is 10.2. The zero-order valence-corrected chi connectivity index (χ0v) is 14.2. The van der Waals surface area contributed by atoms with E-state index in [9.17, 15) is 18.0 Å². The van der Waals surface area contributed by atoms with Crippen LogP contribution in [0.1, 0.15) is 5.56 Å². The Balaban J connectivity index is 1.83. The maximum atomic E-state index is 13.0. The molecule has 0 aliphatic carbocycles. The predicted octanol–water partition coefficient (Wildman–Crippen LogP) is 3.50. The van der Waals surface area contributed by atoms with Crippen LogP contribution in [0.4, 0.5) is 13.2 Å². The van der Waals surface area contributed by atoms with Crippen molar-refractivity contribution >= 4 is 0 Å². The van der Waals surface area contributed by atoms with Gasteiger partial charge < -0.3 is 0 Å². The standard InChI is InChI=1S/C19H12F3N5O/c20-19(21,22)13-4-3-5-14(12-13)26-11-8-16(28)18(25-26)15-7-10-24-27(15)17-6-1-2-9-23-17/h1-12H. The van der Waals surface area contributed by atoms with E-state index in [0.29, 0.717) is 11.5 Å². The molecule has 0 saturated heterocycles. The SMILES string of the molecule is O=c1ccn(-c2cccc(C(F)(F)F)c2)nc1-c1ccnn1-c1ccccn1. The van der Waals surface area contributed by atoms with Gasteiger partial charge in [0.25, 0.3) is 0 Å². The third-order valence-electron chi connectivity index (χ3n) is 4.00. The summed E-state index contributed by atoms with van der Waals surface area (Å²) in [6.07, 6.45) is -0.0782. The number of rotatable bonds is 3. The van der Waals surface area contributed by atoms with Gasteiger partial charge in [0.2, 0.25) is 5.43 Å². The lowest BCUT2D eigenvalue weighted by molar-refractivity contribution is -0.137. The first-order valence-electron chi connectivity index (χ1n) is 8.17. The van der Waals surface area contributed by atoms with Crippen LogP contribution >= 0.6 is 0 Å². The molecule has 4 aromatic rings. The molecule has 6 nitrogen and oxygen atoms in total. The number of hydrogen-bond donors (Lipinski definition) is 0. The van der Waals surface area contributed by atoms with Gasteiger partial charge in [0.1, 0.15) is 5.69 Å². The van der Waals surface area contributed by atoms with E-state index in [1.807, 2.05) is 0 Å². The second-order valence-electron chi connectivity index (χ2n) is 5.84. The smallest absolute Gasteiger partial charge is 0.287 e. The van der Waals surface area contributed by atoms with Crippen LogP contribution in [0, 0.1) is 0 Å². The van der Waals surface area contributed by atoms with Crippen LogP contribution < -0.4 is 5.43 Å². The average Bonchev–Trinajstić information content (AvgIpc) is 3.18. The third kappa shape index (κ3) is 3.29. The number of benzene rings is 1. The molecule has 4 rings (SSSR count). The molecule has 0 bridgehead atoms. The maximum absolute atomic E-state index is 13.0.